The summed E-state index contributed by atoms with van der Waals surface area (Å²) in [5, 5.41) is 13.7. The fourth-order valence-electron chi connectivity index (χ4n) is 3.28. The van der Waals surface area contributed by atoms with Crippen LogP contribution in [0.5, 0.6) is 0 Å². The van der Waals surface area contributed by atoms with Crippen LogP contribution in [0.3, 0.4) is 0 Å². The largest absolute Gasteiger partial charge is 0.396 e. The third kappa shape index (κ3) is 3.35. The van der Waals surface area contributed by atoms with E-state index < -0.39 is 0 Å². The van der Waals surface area contributed by atoms with E-state index >= 15 is 0 Å². The van der Waals surface area contributed by atoms with Gasteiger partial charge >= 0.3 is 0 Å². The van der Waals surface area contributed by atoms with Gasteiger partial charge in [-0.05, 0) is 57.0 Å². The molecule has 0 spiro atoms. The molecule has 1 saturated heterocycles. The first kappa shape index (κ1) is 17.0. The third-order valence-corrected chi connectivity index (χ3v) is 4.96. The Morgan fingerprint density at radius 2 is 2.25 bits per heavy atom. The van der Waals surface area contributed by atoms with Gasteiger partial charge in [0.15, 0.2) is 0 Å². The van der Waals surface area contributed by atoms with E-state index in [1.165, 1.54) is 6.07 Å². The van der Waals surface area contributed by atoms with Crippen molar-refractivity contribution in [2.45, 2.75) is 39.7 Å². The average Bonchev–Trinajstić information content (AvgIpc) is 3.07. The van der Waals surface area contributed by atoms with Crippen LogP contribution >= 0.6 is 0 Å². The molecule has 0 bridgehead atoms. The summed E-state index contributed by atoms with van der Waals surface area (Å²) >= 11 is 0. The molecule has 2 atom stereocenters. The van der Waals surface area contributed by atoms with Crippen molar-refractivity contribution in [1.29, 1.82) is 0 Å². The number of hydrogen-bond donors (Lipinski definition) is 1. The minimum Gasteiger partial charge on any atom is -0.396 e. The quantitative estimate of drug-likeness (QED) is 0.930. The molecule has 1 fully saturated rings. The maximum atomic E-state index is 13.4. The zero-order valence-corrected chi connectivity index (χ0v) is 14.4. The number of aryl methyl sites for hydroxylation is 1. The Balaban J connectivity index is 1.78. The number of nitrogens with zero attached hydrogens (tertiary/aromatic N) is 3. The Hall–Kier alpha value is -1.79. The van der Waals surface area contributed by atoms with E-state index in [1.807, 2.05) is 6.92 Å². The number of piperidine rings is 1. The van der Waals surface area contributed by atoms with Crippen molar-refractivity contribution < 1.29 is 14.0 Å². The van der Waals surface area contributed by atoms with E-state index in [9.17, 15) is 9.50 Å². The summed E-state index contributed by atoms with van der Waals surface area (Å²) in [6.07, 6.45) is 2.07. The molecule has 1 aromatic heterocycles. The molecule has 6 heteroatoms. The Bertz CT molecular complexity index is 718. The average molecular weight is 333 g/mol. The zero-order valence-electron chi connectivity index (χ0n) is 14.4. The van der Waals surface area contributed by atoms with Gasteiger partial charge in [-0.1, -0.05) is 12.1 Å². The summed E-state index contributed by atoms with van der Waals surface area (Å²) in [7, 11) is 0. The van der Waals surface area contributed by atoms with E-state index in [-0.39, 0.29) is 23.9 Å². The van der Waals surface area contributed by atoms with Gasteiger partial charge in [0.05, 0.1) is 6.04 Å². The zero-order chi connectivity index (χ0) is 17.3. The second-order valence-electron chi connectivity index (χ2n) is 7.14. The molecule has 0 amide bonds. The molecular weight excluding hydrogens is 309 g/mol. The topological polar surface area (TPSA) is 62.4 Å². The molecule has 0 saturated carbocycles. The van der Waals surface area contributed by atoms with Crippen molar-refractivity contribution in [3.8, 4) is 11.4 Å². The number of halogens is 1. The molecule has 5 nitrogen and oxygen atoms in total. The van der Waals surface area contributed by atoms with Crippen LogP contribution in [-0.4, -0.2) is 39.8 Å². The van der Waals surface area contributed by atoms with Gasteiger partial charge in [-0.25, -0.2) is 4.39 Å². The lowest BCUT2D eigenvalue weighted by atomic mass is 9.82. The molecule has 0 aliphatic carbocycles. The first-order valence-electron chi connectivity index (χ1n) is 8.37. The first-order valence-corrected chi connectivity index (χ1v) is 8.37. The fraction of sp³-hybridized carbons (Fsp3) is 0.556. The fourth-order valence-corrected chi connectivity index (χ4v) is 3.28. The van der Waals surface area contributed by atoms with Crippen LogP contribution in [0.25, 0.3) is 11.4 Å². The molecule has 24 heavy (non-hydrogen) atoms. The van der Waals surface area contributed by atoms with Crippen LogP contribution in [0, 0.1) is 18.2 Å². The summed E-state index contributed by atoms with van der Waals surface area (Å²) in [6, 6.07) is 4.78. The lowest BCUT2D eigenvalue weighted by Crippen LogP contribution is -2.44. The summed E-state index contributed by atoms with van der Waals surface area (Å²) in [4.78, 5) is 6.77. The lowest BCUT2D eigenvalue weighted by molar-refractivity contribution is 0.0211. The smallest absolute Gasteiger partial charge is 0.244 e. The van der Waals surface area contributed by atoms with Gasteiger partial charge in [0.25, 0.3) is 0 Å². The Morgan fingerprint density at radius 1 is 1.46 bits per heavy atom. The van der Waals surface area contributed by atoms with E-state index in [0.717, 1.165) is 31.5 Å². The van der Waals surface area contributed by atoms with Crippen molar-refractivity contribution in [2.75, 3.05) is 19.7 Å². The maximum absolute atomic E-state index is 13.4. The second kappa shape index (κ2) is 6.61. The van der Waals surface area contributed by atoms with E-state index in [2.05, 4.69) is 22.0 Å². The predicted molar refractivity (Wildman–Crippen MR) is 88.8 cm³/mol. The summed E-state index contributed by atoms with van der Waals surface area (Å²) in [6.45, 7) is 7.79. The number of hydrogen-bond acceptors (Lipinski definition) is 5. The first-order chi connectivity index (χ1) is 11.4. The number of likely N-dealkylation sites (tertiary alicyclic amines) is 1. The van der Waals surface area contributed by atoms with Crippen LogP contribution in [-0.2, 0) is 0 Å². The number of aliphatic hydroxyl groups is 1. The van der Waals surface area contributed by atoms with Crippen molar-refractivity contribution in [1.82, 2.24) is 15.0 Å². The highest BCUT2D eigenvalue weighted by Gasteiger charge is 2.34. The maximum Gasteiger partial charge on any atom is 0.244 e. The van der Waals surface area contributed by atoms with E-state index in [0.29, 0.717) is 17.3 Å². The van der Waals surface area contributed by atoms with E-state index in [1.54, 1.807) is 19.1 Å². The van der Waals surface area contributed by atoms with Gasteiger partial charge in [0.1, 0.15) is 5.82 Å². The molecule has 1 aliphatic rings. The normalized spacial score (nSPS) is 23.4. The summed E-state index contributed by atoms with van der Waals surface area (Å²) in [5.74, 6) is 0.781. The van der Waals surface area contributed by atoms with Gasteiger partial charge in [-0.3, -0.25) is 4.90 Å². The minimum absolute atomic E-state index is 0.0148. The molecule has 130 valence electrons. The molecule has 1 N–H and O–H groups in total. The third-order valence-electron chi connectivity index (χ3n) is 4.96. The number of aromatic nitrogens is 2. The monoisotopic (exact) mass is 333 g/mol. The van der Waals surface area contributed by atoms with E-state index in [4.69, 9.17) is 4.52 Å². The summed E-state index contributed by atoms with van der Waals surface area (Å²) in [5.41, 5.74) is 1.22. The van der Waals surface area contributed by atoms with Crippen molar-refractivity contribution in [2.24, 2.45) is 5.41 Å². The number of benzene rings is 1. The highest BCUT2D eigenvalue weighted by atomic mass is 19.1. The molecule has 3 rings (SSSR count). The molecule has 0 radical (unpaired) electrons. The van der Waals surface area contributed by atoms with Crippen LogP contribution < -0.4 is 0 Å². The molecule has 2 heterocycles. The van der Waals surface area contributed by atoms with Crippen molar-refractivity contribution in [3.05, 3.63) is 35.5 Å². The molecule has 2 aromatic rings. The summed E-state index contributed by atoms with van der Waals surface area (Å²) < 4.78 is 18.9. The van der Waals surface area contributed by atoms with Crippen LogP contribution in [0.4, 0.5) is 4.39 Å². The Kier molecular flexibility index (Phi) is 4.69. The predicted octanol–water partition coefficient (Wildman–Crippen LogP) is 3.34. The molecule has 1 aliphatic heterocycles. The van der Waals surface area contributed by atoms with Crippen molar-refractivity contribution in [3.63, 3.8) is 0 Å². The highest BCUT2D eigenvalue weighted by molar-refractivity contribution is 5.55. The second-order valence-corrected chi connectivity index (χ2v) is 7.14. The standard InChI is InChI=1S/C18H24FN3O2/c1-12-9-14(5-6-15(12)19)16-20-17(24-21-16)13(2)22-8-4-7-18(3,10-22)11-23/h5-6,9,13,23H,4,7-8,10-11H2,1-3H3. The molecule has 1 aromatic carbocycles. The van der Waals surface area contributed by atoms with Gasteiger partial charge in [0.2, 0.25) is 11.7 Å². The Morgan fingerprint density at radius 3 is 2.96 bits per heavy atom. The highest BCUT2D eigenvalue weighted by Crippen LogP contribution is 2.33. The van der Waals surface area contributed by atoms with Gasteiger partial charge in [-0.15, -0.1) is 0 Å². The van der Waals surface area contributed by atoms with Gasteiger partial charge in [-0.2, -0.15) is 4.98 Å². The molecular formula is C18H24FN3O2. The Labute approximate surface area is 141 Å². The van der Waals surface area contributed by atoms with Gasteiger partial charge in [0, 0.05) is 24.1 Å². The number of rotatable bonds is 4. The SMILES string of the molecule is Cc1cc(-c2noc(C(C)N3CCCC(C)(CO)C3)n2)ccc1F. The lowest BCUT2D eigenvalue weighted by Gasteiger charge is -2.41. The van der Waals surface area contributed by atoms with Crippen molar-refractivity contribution >= 4 is 0 Å². The molecule has 2 unspecified atom stereocenters. The van der Waals surface area contributed by atoms with Crippen LogP contribution in [0.15, 0.2) is 22.7 Å². The van der Waals surface area contributed by atoms with Crippen LogP contribution in [0.2, 0.25) is 0 Å². The minimum atomic E-state index is -0.243. The van der Waals surface area contributed by atoms with Gasteiger partial charge < -0.3 is 9.63 Å². The number of aliphatic hydroxyl groups excluding tert-OH is 1. The van der Waals surface area contributed by atoms with Crippen LogP contribution in [0.1, 0.15) is 44.2 Å².